The number of urea groups is 1. The predicted molar refractivity (Wildman–Crippen MR) is 89.7 cm³/mol. The summed E-state index contributed by atoms with van der Waals surface area (Å²) in [6.07, 6.45) is 6.38. The zero-order chi connectivity index (χ0) is 16.9. The molecule has 1 saturated heterocycles. The van der Waals surface area contributed by atoms with Crippen molar-refractivity contribution >= 4 is 6.03 Å². The van der Waals surface area contributed by atoms with Crippen molar-refractivity contribution in [3.63, 3.8) is 0 Å². The lowest BCUT2D eigenvalue weighted by atomic mass is 9.92. The molecule has 0 radical (unpaired) electrons. The molecule has 1 N–H and O–H groups in total. The number of methoxy groups -OCH3 is 2. The standard InChI is InChI=1S/C18H28N2O4/c1-22-12-13-9-10-17(24-13)15-7-5-11-20(15)18(21)19-14-6-3-4-8-16(14)23-2/h9-10,14-16H,3-8,11-12H2,1-2H3,(H,19,21)/t14-,15+,16-/m1/s1. The van der Waals surface area contributed by atoms with Crippen molar-refractivity contribution in [2.45, 2.75) is 63.3 Å². The van der Waals surface area contributed by atoms with Crippen molar-refractivity contribution < 1.29 is 18.7 Å². The maximum atomic E-state index is 12.8. The first-order valence-electron chi connectivity index (χ1n) is 8.90. The van der Waals surface area contributed by atoms with E-state index in [1.54, 1.807) is 14.2 Å². The van der Waals surface area contributed by atoms with E-state index >= 15 is 0 Å². The Bertz CT molecular complexity index is 545. The molecule has 3 atom stereocenters. The van der Waals surface area contributed by atoms with Gasteiger partial charge in [0, 0.05) is 20.8 Å². The lowest BCUT2D eigenvalue weighted by molar-refractivity contribution is 0.0426. The number of hydrogen-bond donors (Lipinski definition) is 1. The smallest absolute Gasteiger partial charge is 0.318 e. The fourth-order valence-corrected chi connectivity index (χ4v) is 3.88. The summed E-state index contributed by atoms with van der Waals surface area (Å²) in [4.78, 5) is 14.7. The second kappa shape index (κ2) is 8.03. The van der Waals surface area contributed by atoms with Crippen molar-refractivity contribution in [2.24, 2.45) is 0 Å². The van der Waals surface area contributed by atoms with Gasteiger partial charge in [0.1, 0.15) is 18.1 Å². The summed E-state index contributed by atoms with van der Waals surface area (Å²) < 4.78 is 16.5. The van der Waals surface area contributed by atoms with Crippen LogP contribution < -0.4 is 5.32 Å². The van der Waals surface area contributed by atoms with Gasteiger partial charge in [0.25, 0.3) is 0 Å². The normalized spacial score (nSPS) is 27.4. The van der Waals surface area contributed by atoms with Crippen LogP contribution in [0.4, 0.5) is 4.79 Å². The molecule has 2 heterocycles. The molecule has 24 heavy (non-hydrogen) atoms. The van der Waals surface area contributed by atoms with E-state index in [-0.39, 0.29) is 24.2 Å². The first-order valence-corrected chi connectivity index (χ1v) is 8.90. The summed E-state index contributed by atoms with van der Waals surface area (Å²) >= 11 is 0. The van der Waals surface area contributed by atoms with E-state index in [4.69, 9.17) is 13.9 Å². The zero-order valence-corrected chi connectivity index (χ0v) is 14.6. The Hall–Kier alpha value is -1.53. The summed E-state index contributed by atoms with van der Waals surface area (Å²) in [7, 11) is 3.38. The third kappa shape index (κ3) is 3.75. The van der Waals surface area contributed by atoms with E-state index in [0.29, 0.717) is 6.61 Å². The minimum atomic E-state index is -0.00357. The minimum absolute atomic E-state index is 0.00357. The number of furan rings is 1. The molecule has 1 aromatic rings. The third-order valence-corrected chi connectivity index (χ3v) is 5.13. The van der Waals surface area contributed by atoms with Crippen LogP contribution in [0.5, 0.6) is 0 Å². The molecule has 0 spiro atoms. The monoisotopic (exact) mass is 336 g/mol. The molecule has 1 aliphatic carbocycles. The van der Waals surface area contributed by atoms with Crippen LogP contribution in [0.15, 0.2) is 16.5 Å². The van der Waals surface area contributed by atoms with Crippen LogP contribution in [0.1, 0.15) is 56.1 Å². The molecule has 1 aliphatic heterocycles. The number of hydrogen-bond acceptors (Lipinski definition) is 4. The Kier molecular flexibility index (Phi) is 5.79. The maximum Gasteiger partial charge on any atom is 0.318 e. The van der Waals surface area contributed by atoms with Crippen molar-refractivity contribution in [3.05, 3.63) is 23.7 Å². The number of carbonyl (C=O) groups excluding carboxylic acids is 1. The number of nitrogens with one attached hydrogen (secondary N) is 1. The zero-order valence-electron chi connectivity index (χ0n) is 14.6. The quantitative estimate of drug-likeness (QED) is 0.896. The Morgan fingerprint density at radius 1 is 1.25 bits per heavy atom. The highest BCUT2D eigenvalue weighted by Crippen LogP contribution is 2.33. The topological polar surface area (TPSA) is 63.9 Å². The maximum absolute atomic E-state index is 12.8. The van der Waals surface area contributed by atoms with Crippen LogP contribution in [0.2, 0.25) is 0 Å². The summed E-state index contributed by atoms with van der Waals surface area (Å²) in [6.45, 7) is 1.22. The third-order valence-electron chi connectivity index (χ3n) is 5.13. The molecule has 1 saturated carbocycles. The van der Waals surface area contributed by atoms with Crippen molar-refractivity contribution in [2.75, 3.05) is 20.8 Å². The highest BCUT2D eigenvalue weighted by atomic mass is 16.5. The second-order valence-corrected chi connectivity index (χ2v) is 6.70. The molecule has 0 aromatic carbocycles. The number of carbonyl (C=O) groups is 1. The number of amides is 2. The lowest BCUT2D eigenvalue weighted by Crippen LogP contribution is -2.50. The Labute approximate surface area is 143 Å². The highest BCUT2D eigenvalue weighted by Gasteiger charge is 2.35. The lowest BCUT2D eigenvalue weighted by Gasteiger charge is -2.33. The second-order valence-electron chi connectivity index (χ2n) is 6.70. The molecule has 6 heteroatoms. The van der Waals surface area contributed by atoms with Gasteiger partial charge in [-0.05, 0) is 37.8 Å². The van der Waals surface area contributed by atoms with E-state index in [0.717, 1.165) is 50.2 Å². The van der Waals surface area contributed by atoms with Gasteiger partial charge in [-0.1, -0.05) is 12.8 Å². The SMILES string of the molecule is COCc1ccc([C@@H]2CCCN2C(=O)N[C@@H]2CCCC[C@H]2OC)o1. The van der Waals surface area contributed by atoms with Crippen molar-refractivity contribution in [3.8, 4) is 0 Å². The fraction of sp³-hybridized carbons (Fsp3) is 0.722. The Balaban J connectivity index is 1.64. The average molecular weight is 336 g/mol. The van der Waals surface area contributed by atoms with Crippen LogP contribution in [0, 0.1) is 0 Å². The molecule has 0 bridgehead atoms. The van der Waals surface area contributed by atoms with E-state index < -0.39 is 0 Å². The highest BCUT2D eigenvalue weighted by molar-refractivity contribution is 5.75. The van der Waals surface area contributed by atoms with Gasteiger partial charge in [-0.25, -0.2) is 4.79 Å². The summed E-state index contributed by atoms with van der Waals surface area (Å²) in [5.41, 5.74) is 0. The van der Waals surface area contributed by atoms with Gasteiger partial charge in [0.05, 0.1) is 18.2 Å². The molecule has 0 unspecified atom stereocenters. The van der Waals surface area contributed by atoms with E-state index in [1.807, 2.05) is 17.0 Å². The Morgan fingerprint density at radius 2 is 2.08 bits per heavy atom. The van der Waals surface area contributed by atoms with E-state index in [2.05, 4.69) is 5.32 Å². The van der Waals surface area contributed by atoms with Gasteiger partial charge in [-0.15, -0.1) is 0 Å². The van der Waals surface area contributed by atoms with Crippen LogP contribution in [0.25, 0.3) is 0 Å². The number of likely N-dealkylation sites (tertiary alicyclic amines) is 1. The molecular weight excluding hydrogens is 308 g/mol. The van der Waals surface area contributed by atoms with Gasteiger partial charge in [-0.3, -0.25) is 0 Å². The number of nitrogens with zero attached hydrogens (tertiary/aromatic N) is 1. The molecule has 2 aliphatic rings. The summed E-state index contributed by atoms with van der Waals surface area (Å²) in [5.74, 6) is 1.65. The summed E-state index contributed by atoms with van der Waals surface area (Å²) in [6, 6.07) is 4.01. The van der Waals surface area contributed by atoms with Gasteiger partial charge < -0.3 is 24.1 Å². The molecule has 1 aromatic heterocycles. The van der Waals surface area contributed by atoms with Crippen LogP contribution in [0.3, 0.4) is 0 Å². The first kappa shape index (κ1) is 17.3. The van der Waals surface area contributed by atoms with Gasteiger partial charge in [0.15, 0.2) is 0 Å². The van der Waals surface area contributed by atoms with Crippen LogP contribution in [-0.4, -0.2) is 43.8 Å². The molecular formula is C18H28N2O4. The first-order chi connectivity index (χ1) is 11.7. The van der Waals surface area contributed by atoms with Crippen LogP contribution >= 0.6 is 0 Å². The largest absolute Gasteiger partial charge is 0.461 e. The van der Waals surface area contributed by atoms with Crippen molar-refractivity contribution in [1.82, 2.24) is 10.2 Å². The van der Waals surface area contributed by atoms with E-state index in [1.165, 1.54) is 6.42 Å². The summed E-state index contributed by atoms with van der Waals surface area (Å²) in [5, 5.41) is 3.19. The number of ether oxygens (including phenoxy) is 2. The van der Waals surface area contributed by atoms with Gasteiger partial charge >= 0.3 is 6.03 Å². The van der Waals surface area contributed by atoms with Crippen molar-refractivity contribution in [1.29, 1.82) is 0 Å². The fourth-order valence-electron chi connectivity index (χ4n) is 3.88. The molecule has 3 rings (SSSR count). The predicted octanol–water partition coefficient (Wildman–Crippen LogP) is 3.23. The molecule has 2 fully saturated rings. The Morgan fingerprint density at radius 3 is 2.88 bits per heavy atom. The molecule has 2 amide bonds. The minimum Gasteiger partial charge on any atom is -0.461 e. The average Bonchev–Trinajstić information content (AvgIpc) is 3.24. The van der Waals surface area contributed by atoms with Gasteiger partial charge in [0.2, 0.25) is 0 Å². The molecule has 6 nitrogen and oxygen atoms in total. The number of rotatable bonds is 5. The van der Waals surface area contributed by atoms with Crippen LogP contribution in [-0.2, 0) is 16.1 Å². The van der Waals surface area contributed by atoms with Gasteiger partial charge in [-0.2, -0.15) is 0 Å². The van der Waals surface area contributed by atoms with E-state index in [9.17, 15) is 4.79 Å². The molecule has 134 valence electrons.